The Kier molecular flexibility index (Phi) is 7.58. The van der Waals surface area contributed by atoms with Crippen LogP contribution in [0.2, 0.25) is 0 Å². The molecule has 0 bridgehead atoms. The highest BCUT2D eigenvalue weighted by atomic mass is 16.5. The molecule has 3 heteroatoms. The second kappa shape index (κ2) is 8.93. The molecule has 0 heterocycles. The molecule has 0 fully saturated rings. The SMILES string of the molecule is CCCCCCOc1ccc(CNC(C)(C)C)cc1OC. The van der Waals surface area contributed by atoms with E-state index >= 15 is 0 Å². The summed E-state index contributed by atoms with van der Waals surface area (Å²) >= 11 is 0. The van der Waals surface area contributed by atoms with E-state index in [1.54, 1.807) is 7.11 Å². The summed E-state index contributed by atoms with van der Waals surface area (Å²) in [6, 6.07) is 6.17. The Morgan fingerprint density at radius 1 is 1.05 bits per heavy atom. The van der Waals surface area contributed by atoms with Gasteiger partial charge in [0.1, 0.15) is 0 Å². The Hall–Kier alpha value is -1.22. The lowest BCUT2D eigenvalue weighted by molar-refractivity contribution is 0.285. The van der Waals surface area contributed by atoms with Crippen LogP contribution in [-0.2, 0) is 6.54 Å². The monoisotopic (exact) mass is 293 g/mol. The molecule has 0 aliphatic carbocycles. The summed E-state index contributed by atoms with van der Waals surface area (Å²) in [6.07, 6.45) is 4.85. The molecule has 0 atom stereocenters. The number of hydrogen-bond donors (Lipinski definition) is 1. The van der Waals surface area contributed by atoms with E-state index in [9.17, 15) is 0 Å². The van der Waals surface area contributed by atoms with Gasteiger partial charge in [-0.05, 0) is 44.9 Å². The van der Waals surface area contributed by atoms with E-state index in [1.807, 2.05) is 6.07 Å². The van der Waals surface area contributed by atoms with Crippen LogP contribution in [0.1, 0.15) is 58.9 Å². The topological polar surface area (TPSA) is 30.5 Å². The zero-order valence-electron chi connectivity index (χ0n) is 14.3. The third kappa shape index (κ3) is 7.37. The number of hydrogen-bond acceptors (Lipinski definition) is 3. The first-order chi connectivity index (χ1) is 9.96. The number of ether oxygens (including phenoxy) is 2. The predicted octanol–water partition coefficient (Wildman–Crippen LogP) is 4.54. The van der Waals surface area contributed by atoms with Crippen LogP contribution in [0.5, 0.6) is 11.5 Å². The summed E-state index contributed by atoms with van der Waals surface area (Å²) in [7, 11) is 1.69. The van der Waals surface area contributed by atoms with Gasteiger partial charge in [0.2, 0.25) is 0 Å². The minimum Gasteiger partial charge on any atom is -0.493 e. The fourth-order valence-electron chi connectivity index (χ4n) is 2.02. The predicted molar refractivity (Wildman–Crippen MR) is 89.2 cm³/mol. The summed E-state index contributed by atoms with van der Waals surface area (Å²) in [5.41, 5.74) is 1.32. The fraction of sp³-hybridized carbons (Fsp3) is 0.667. The lowest BCUT2D eigenvalue weighted by Crippen LogP contribution is -2.35. The van der Waals surface area contributed by atoms with Crippen LogP contribution in [0, 0.1) is 0 Å². The zero-order chi connectivity index (χ0) is 15.7. The lowest BCUT2D eigenvalue weighted by Gasteiger charge is -2.21. The molecule has 120 valence electrons. The van der Waals surface area contributed by atoms with Gasteiger partial charge in [-0.3, -0.25) is 0 Å². The highest BCUT2D eigenvalue weighted by Crippen LogP contribution is 2.28. The Morgan fingerprint density at radius 2 is 1.81 bits per heavy atom. The van der Waals surface area contributed by atoms with E-state index in [0.29, 0.717) is 0 Å². The number of benzene rings is 1. The highest BCUT2D eigenvalue weighted by molar-refractivity contribution is 5.43. The summed E-state index contributed by atoms with van der Waals surface area (Å²) in [6.45, 7) is 10.3. The second-order valence-electron chi connectivity index (χ2n) is 6.50. The van der Waals surface area contributed by atoms with Gasteiger partial charge >= 0.3 is 0 Å². The molecule has 0 amide bonds. The molecule has 0 radical (unpaired) electrons. The maximum Gasteiger partial charge on any atom is 0.161 e. The molecule has 1 rings (SSSR count). The van der Waals surface area contributed by atoms with Crippen LogP contribution in [0.4, 0.5) is 0 Å². The van der Waals surface area contributed by atoms with Crippen LogP contribution in [0.25, 0.3) is 0 Å². The second-order valence-corrected chi connectivity index (χ2v) is 6.50. The Bertz CT molecular complexity index is 410. The van der Waals surface area contributed by atoms with Gasteiger partial charge in [0.15, 0.2) is 11.5 Å². The van der Waals surface area contributed by atoms with Crippen molar-refractivity contribution in [3.63, 3.8) is 0 Å². The van der Waals surface area contributed by atoms with E-state index in [4.69, 9.17) is 9.47 Å². The molecule has 0 saturated heterocycles. The van der Waals surface area contributed by atoms with E-state index in [-0.39, 0.29) is 5.54 Å². The summed E-state index contributed by atoms with van der Waals surface area (Å²) in [4.78, 5) is 0. The smallest absolute Gasteiger partial charge is 0.161 e. The molecule has 0 spiro atoms. The van der Waals surface area contributed by atoms with Crippen molar-refractivity contribution < 1.29 is 9.47 Å². The maximum atomic E-state index is 5.83. The first-order valence-electron chi connectivity index (χ1n) is 8.01. The molecule has 1 aromatic carbocycles. The first-order valence-corrected chi connectivity index (χ1v) is 8.01. The third-order valence-electron chi connectivity index (χ3n) is 3.31. The lowest BCUT2D eigenvalue weighted by atomic mass is 10.1. The van der Waals surface area contributed by atoms with Crippen molar-refractivity contribution in [1.82, 2.24) is 5.32 Å². The van der Waals surface area contributed by atoms with Crippen molar-refractivity contribution in [2.45, 2.75) is 65.5 Å². The number of nitrogens with one attached hydrogen (secondary N) is 1. The third-order valence-corrected chi connectivity index (χ3v) is 3.31. The quantitative estimate of drug-likeness (QED) is 0.678. The van der Waals surface area contributed by atoms with Gasteiger partial charge < -0.3 is 14.8 Å². The maximum absolute atomic E-state index is 5.83. The van der Waals surface area contributed by atoms with Gasteiger partial charge in [0.05, 0.1) is 13.7 Å². The van der Waals surface area contributed by atoms with Gasteiger partial charge in [0, 0.05) is 12.1 Å². The summed E-state index contributed by atoms with van der Waals surface area (Å²) in [5, 5.41) is 3.48. The average Bonchev–Trinajstić information content (AvgIpc) is 2.44. The normalized spacial score (nSPS) is 11.5. The van der Waals surface area contributed by atoms with E-state index in [2.05, 4.69) is 45.1 Å². The Morgan fingerprint density at radius 3 is 2.43 bits per heavy atom. The number of methoxy groups -OCH3 is 1. The van der Waals surface area contributed by atoms with E-state index < -0.39 is 0 Å². The van der Waals surface area contributed by atoms with Gasteiger partial charge in [-0.1, -0.05) is 32.3 Å². The number of rotatable bonds is 9. The molecule has 3 nitrogen and oxygen atoms in total. The van der Waals surface area contributed by atoms with Crippen LogP contribution >= 0.6 is 0 Å². The Balaban J connectivity index is 2.53. The van der Waals surface area contributed by atoms with Crippen molar-refractivity contribution in [3.8, 4) is 11.5 Å². The van der Waals surface area contributed by atoms with Gasteiger partial charge in [-0.2, -0.15) is 0 Å². The van der Waals surface area contributed by atoms with E-state index in [0.717, 1.165) is 31.1 Å². The molecular formula is C18H31NO2. The molecule has 0 aliphatic rings. The van der Waals surface area contributed by atoms with Crippen LogP contribution in [-0.4, -0.2) is 19.3 Å². The molecule has 1 aromatic rings. The zero-order valence-corrected chi connectivity index (χ0v) is 14.3. The van der Waals surface area contributed by atoms with Crippen molar-refractivity contribution >= 4 is 0 Å². The Labute approximate surface area is 130 Å². The van der Waals surface area contributed by atoms with Crippen LogP contribution in [0.3, 0.4) is 0 Å². The van der Waals surface area contributed by atoms with Crippen molar-refractivity contribution in [3.05, 3.63) is 23.8 Å². The summed E-state index contributed by atoms with van der Waals surface area (Å²) in [5.74, 6) is 1.66. The van der Waals surface area contributed by atoms with E-state index in [1.165, 1.54) is 24.8 Å². The molecule has 1 N–H and O–H groups in total. The molecule has 0 aromatic heterocycles. The van der Waals surface area contributed by atoms with Crippen molar-refractivity contribution in [2.24, 2.45) is 0 Å². The molecule has 0 aliphatic heterocycles. The minimum atomic E-state index is 0.113. The van der Waals surface area contributed by atoms with Gasteiger partial charge in [-0.25, -0.2) is 0 Å². The largest absolute Gasteiger partial charge is 0.493 e. The molecule has 0 saturated carbocycles. The van der Waals surface area contributed by atoms with Crippen molar-refractivity contribution in [1.29, 1.82) is 0 Å². The molecular weight excluding hydrogens is 262 g/mol. The van der Waals surface area contributed by atoms with Gasteiger partial charge in [0.25, 0.3) is 0 Å². The van der Waals surface area contributed by atoms with Crippen molar-refractivity contribution in [2.75, 3.05) is 13.7 Å². The summed E-state index contributed by atoms with van der Waals surface area (Å²) < 4.78 is 11.3. The standard InChI is InChI=1S/C18H31NO2/c1-6-7-8-9-12-21-16-11-10-15(13-17(16)20-5)14-19-18(2,3)4/h10-11,13,19H,6-9,12,14H2,1-5H3. The number of unbranched alkanes of at least 4 members (excludes halogenated alkanes) is 3. The molecule has 0 unspecified atom stereocenters. The fourth-order valence-corrected chi connectivity index (χ4v) is 2.02. The van der Waals surface area contributed by atoms with Gasteiger partial charge in [-0.15, -0.1) is 0 Å². The minimum absolute atomic E-state index is 0.113. The average molecular weight is 293 g/mol. The molecule has 21 heavy (non-hydrogen) atoms. The van der Waals surface area contributed by atoms with Crippen LogP contribution in [0.15, 0.2) is 18.2 Å². The van der Waals surface area contributed by atoms with Crippen LogP contribution < -0.4 is 14.8 Å². The highest BCUT2D eigenvalue weighted by Gasteiger charge is 2.10. The first kappa shape index (κ1) is 17.8.